The van der Waals surface area contributed by atoms with Crippen molar-refractivity contribution in [3.8, 4) is 5.75 Å². The second-order valence-electron chi connectivity index (χ2n) is 5.78. The van der Waals surface area contributed by atoms with Crippen LogP contribution in [0.1, 0.15) is 10.4 Å². The number of piperazine rings is 1. The van der Waals surface area contributed by atoms with E-state index in [-0.39, 0.29) is 11.7 Å². The minimum absolute atomic E-state index is 0.102. The zero-order chi connectivity index (χ0) is 17.4. The summed E-state index contributed by atoms with van der Waals surface area (Å²) in [7, 11) is 0. The normalized spacial score (nSPS) is 14.9. The molecule has 0 unspecified atom stereocenters. The number of aromatic hydroxyl groups is 1. The maximum Gasteiger partial charge on any atom is 0.257 e. The molecular formula is C16H15ClN6O2. The zero-order valence-electron chi connectivity index (χ0n) is 13.2. The van der Waals surface area contributed by atoms with Crippen LogP contribution in [0.15, 0.2) is 36.5 Å². The molecule has 1 aliphatic heterocycles. The molecule has 4 rings (SSSR count). The molecule has 3 heterocycles. The number of hydrogen-bond donors (Lipinski definition) is 1. The zero-order valence-corrected chi connectivity index (χ0v) is 14.0. The molecule has 1 amide bonds. The highest BCUT2D eigenvalue weighted by Gasteiger charge is 2.25. The van der Waals surface area contributed by atoms with Crippen LogP contribution < -0.4 is 4.90 Å². The molecule has 128 valence electrons. The monoisotopic (exact) mass is 358 g/mol. The maximum absolute atomic E-state index is 12.8. The lowest BCUT2D eigenvalue weighted by atomic mass is 10.2. The number of halogens is 1. The highest BCUT2D eigenvalue weighted by atomic mass is 35.5. The van der Waals surface area contributed by atoms with Gasteiger partial charge >= 0.3 is 0 Å². The lowest BCUT2D eigenvalue weighted by Crippen LogP contribution is -2.48. The van der Waals surface area contributed by atoms with Crippen molar-refractivity contribution >= 4 is 28.8 Å². The number of aromatic nitrogens is 4. The number of carbonyl (C=O) groups is 1. The predicted molar refractivity (Wildman–Crippen MR) is 92.0 cm³/mol. The number of carbonyl (C=O) groups excluding carboxylic acids is 1. The minimum Gasteiger partial charge on any atom is -0.506 e. The molecule has 1 aliphatic rings. The Kier molecular flexibility index (Phi) is 3.89. The largest absolute Gasteiger partial charge is 0.506 e. The van der Waals surface area contributed by atoms with E-state index in [0.29, 0.717) is 48.1 Å². The number of hydrogen-bond acceptors (Lipinski definition) is 6. The van der Waals surface area contributed by atoms with Gasteiger partial charge in [-0.3, -0.25) is 4.79 Å². The van der Waals surface area contributed by atoms with E-state index in [1.807, 2.05) is 4.90 Å². The van der Waals surface area contributed by atoms with Crippen molar-refractivity contribution in [1.82, 2.24) is 24.9 Å². The fourth-order valence-corrected chi connectivity index (χ4v) is 3.17. The number of fused-ring (bicyclic) bond motifs is 1. The summed E-state index contributed by atoms with van der Waals surface area (Å²) in [5.74, 6) is 0.0823. The van der Waals surface area contributed by atoms with Gasteiger partial charge in [0.25, 0.3) is 5.91 Å². The molecule has 8 nitrogen and oxygen atoms in total. The highest BCUT2D eigenvalue weighted by Crippen LogP contribution is 2.31. The Hall–Kier alpha value is -2.87. The molecular weight excluding hydrogens is 344 g/mol. The Morgan fingerprint density at radius 1 is 1.16 bits per heavy atom. The molecule has 0 aliphatic carbocycles. The van der Waals surface area contributed by atoms with Crippen molar-refractivity contribution < 1.29 is 9.90 Å². The topological polar surface area (TPSA) is 86.9 Å². The number of benzene rings is 1. The van der Waals surface area contributed by atoms with Crippen LogP contribution >= 0.6 is 11.6 Å². The van der Waals surface area contributed by atoms with E-state index in [4.69, 9.17) is 11.6 Å². The molecule has 0 bridgehead atoms. The Bertz CT molecular complexity index is 935. The molecule has 2 aromatic heterocycles. The molecule has 25 heavy (non-hydrogen) atoms. The van der Waals surface area contributed by atoms with E-state index in [2.05, 4.69) is 15.5 Å². The van der Waals surface area contributed by atoms with E-state index < -0.39 is 0 Å². The standard InChI is InChI=1S/C16H15ClN6O2/c17-11-3-4-14(24)13(10-11)21-6-8-22(9-7-21)16(25)12-2-1-5-23-15(12)18-19-20-23/h1-5,10,24H,6-9H2. The first kappa shape index (κ1) is 15.6. The number of tetrazole rings is 1. The van der Waals surface area contributed by atoms with Crippen LogP contribution in [0.25, 0.3) is 5.65 Å². The number of rotatable bonds is 2. The number of anilines is 1. The summed E-state index contributed by atoms with van der Waals surface area (Å²) in [5.41, 5.74) is 1.61. The van der Waals surface area contributed by atoms with E-state index >= 15 is 0 Å². The van der Waals surface area contributed by atoms with Crippen molar-refractivity contribution in [2.24, 2.45) is 0 Å². The number of phenols is 1. The fourth-order valence-electron chi connectivity index (χ4n) is 3.00. The molecule has 1 fully saturated rings. The van der Waals surface area contributed by atoms with E-state index in [1.165, 1.54) is 4.52 Å². The first-order chi connectivity index (χ1) is 12.1. The molecule has 1 saturated heterocycles. The minimum atomic E-state index is -0.102. The van der Waals surface area contributed by atoms with Crippen LogP contribution in [0, 0.1) is 0 Å². The first-order valence-electron chi connectivity index (χ1n) is 7.83. The third kappa shape index (κ3) is 2.85. The summed E-state index contributed by atoms with van der Waals surface area (Å²) < 4.78 is 1.48. The van der Waals surface area contributed by atoms with Gasteiger partial charge in [0.1, 0.15) is 5.75 Å². The second kappa shape index (κ2) is 6.21. The molecule has 0 spiro atoms. The van der Waals surface area contributed by atoms with Gasteiger partial charge < -0.3 is 14.9 Å². The van der Waals surface area contributed by atoms with Gasteiger partial charge in [0.15, 0.2) is 5.65 Å². The van der Waals surface area contributed by atoms with Crippen molar-refractivity contribution in [3.05, 3.63) is 47.1 Å². The summed E-state index contributed by atoms with van der Waals surface area (Å²) in [5, 5.41) is 21.9. The van der Waals surface area contributed by atoms with Gasteiger partial charge in [0.2, 0.25) is 0 Å². The van der Waals surface area contributed by atoms with Gasteiger partial charge in [0.05, 0.1) is 11.3 Å². The molecule has 1 aromatic carbocycles. The number of phenolic OH excluding ortho intramolecular Hbond substituents is 1. The molecule has 9 heteroatoms. The third-order valence-corrected chi connectivity index (χ3v) is 4.53. The highest BCUT2D eigenvalue weighted by molar-refractivity contribution is 6.30. The molecule has 0 saturated carbocycles. The smallest absolute Gasteiger partial charge is 0.257 e. The van der Waals surface area contributed by atoms with Gasteiger partial charge in [-0.15, -0.1) is 5.10 Å². The van der Waals surface area contributed by atoms with E-state index in [9.17, 15) is 9.90 Å². The van der Waals surface area contributed by atoms with E-state index in [1.54, 1.807) is 41.4 Å². The third-order valence-electron chi connectivity index (χ3n) is 4.30. The van der Waals surface area contributed by atoms with Crippen LogP contribution in [0.3, 0.4) is 0 Å². The summed E-state index contributed by atoms with van der Waals surface area (Å²) >= 11 is 6.02. The number of amides is 1. The first-order valence-corrected chi connectivity index (χ1v) is 8.21. The van der Waals surface area contributed by atoms with Crippen LogP contribution in [-0.2, 0) is 0 Å². The van der Waals surface area contributed by atoms with Crippen LogP contribution in [-0.4, -0.2) is 62.1 Å². The quantitative estimate of drug-likeness (QED) is 0.746. The molecule has 3 aromatic rings. The molecule has 1 N–H and O–H groups in total. The summed E-state index contributed by atoms with van der Waals surface area (Å²) in [4.78, 5) is 16.6. The predicted octanol–water partition coefficient (Wildman–Crippen LogP) is 1.45. The van der Waals surface area contributed by atoms with Gasteiger partial charge in [-0.2, -0.15) is 4.52 Å². The lowest BCUT2D eigenvalue weighted by molar-refractivity contribution is 0.0748. The van der Waals surface area contributed by atoms with Crippen molar-refractivity contribution in [1.29, 1.82) is 0 Å². The summed E-state index contributed by atoms with van der Waals surface area (Å²) in [6.07, 6.45) is 1.70. The number of pyridine rings is 1. The fraction of sp³-hybridized carbons (Fsp3) is 0.250. The molecule has 0 atom stereocenters. The van der Waals surface area contributed by atoms with Gasteiger partial charge in [-0.25, -0.2) is 0 Å². The summed E-state index contributed by atoms with van der Waals surface area (Å²) in [6, 6.07) is 8.43. The van der Waals surface area contributed by atoms with Crippen LogP contribution in [0.2, 0.25) is 5.02 Å². The lowest BCUT2D eigenvalue weighted by Gasteiger charge is -2.36. The van der Waals surface area contributed by atoms with Crippen molar-refractivity contribution in [2.75, 3.05) is 31.1 Å². The Labute approximate surface area is 148 Å². The van der Waals surface area contributed by atoms with Crippen molar-refractivity contribution in [2.45, 2.75) is 0 Å². The summed E-state index contributed by atoms with van der Waals surface area (Å²) in [6.45, 7) is 2.28. The maximum atomic E-state index is 12.8. The Morgan fingerprint density at radius 2 is 1.96 bits per heavy atom. The Balaban J connectivity index is 1.51. The van der Waals surface area contributed by atoms with Crippen LogP contribution in [0.5, 0.6) is 5.75 Å². The Morgan fingerprint density at radius 3 is 2.76 bits per heavy atom. The average molecular weight is 359 g/mol. The van der Waals surface area contributed by atoms with E-state index in [0.717, 1.165) is 0 Å². The molecule has 0 radical (unpaired) electrons. The van der Waals surface area contributed by atoms with Crippen LogP contribution in [0.4, 0.5) is 5.69 Å². The average Bonchev–Trinajstić information content (AvgIpc) is 3.12. The second-order valence-corrected chi connectivity index (χ2v) is 6.22. The van der Waals surface area contributed by atoms with Gasteiger partial charge in [-0.05, 0) is 40.8 Å². The SMILES string of the molecule is O=C(c1cccn2nnnc12)N1CCN(c2cc(Cl)ccc2O)CC1. The van der Waals surface area contributed by atoms with Gasteiger partial charge in [-0.1, -0.05) is 11.6 Å². The van der Waals surface area contributed by atoms with Crippen molar-refractivity contribution in [3.63, 3.8) is 0 Å². The van der Waals surface area contributed by atoms with Gasteiger partial charge in [0, 0.05) is 37.4 Å². The number of nitrogens with zero attached hydrogens (tertiary/aromatic N) is 6.